The molecule has 0 atom stereocenters. The Labute approximate surface area is 170 Å². The van der Waals surface area contributed by atoms with Crippen LogP contribution in [0.25, 0.3) is 22.4 Å². The average molecular weight is 432 g/mol. The summed E-state index contributed by atoms with van der Waals surface area (Å²) in [5, 5.41) is 4.32. The van der Waals surface area contributed by atoms with Crippen LogP contribution >= 0.6 is 11.3 Å². The second-order valence-electron chi connectivity index (χ2n) is 6.46. The maximum atomic E-state index is 13.9. The molecule has 0 bridgehead atoms. The number of nitrogens with zero attached hydrogens (tertiary/aromatic N) is 5. The second-order valence-corrected chi connectivity index (χ2v) is 7.32. The van der Waals surface area contributed by atoms with Gasteiger partial charge in [0, 0.05) is 31.1 Å². The van der Waals surface area contributed by atoms with Crippen LogP contribution in [0.4, 0.5) is 13.9 Å². The van der Waals surface area contributed by atoms with Crippen LogP contribution in [0.15, 0.2) is 39.5 Å². The molecule has 3 heterocycles. The third-order valence-electron chi connectivity index (χ3n) is 4.49. The van der Waals surface area contributed by atoms with E-state index in [0.29, 0.717) is 0 Å². The minimum atomic E-state index is -0.760. The van der Waals surface area contributed by atoms with Crippen molar-refractivity contribution in [3.63, 3.8) is 0 Å². The van der Waals surface area contributed by atoms with E-state index in [1.165, 1.54) is 41.0 Å². The molecule has 1 amide bonds. The van der Waals surface area contributed by atoms with E-state index in [1.54, 1.807) is 0 Å². The SMILES string of the molecule is Cn1c(=O)c2c(ncn2CC(=O)Nc2nc(-c3ccc(F)cc3F)cs2)n(C)c1=O. The molecule has 0 fully saturated rings. The van der Waals surface area contributed by atoms with Gasteiger partial charge in [0.1, 0.15) is 18.2 Å². The molecule has 3 aromatic heterocycles. The van der Waals surface area contributed by atoms with E-state index in [-0.39, 0.29) is 34.1 Å². The van der Waals surface area contributed by atoms with Crippen LogP contribution in [0.2, 0.25) is 0 Å². The highest BCUT2D eigenvalue weighted by Crippen LogP contribution is 2.27. The van der Waals surface area contributed by atoms with E-state index in [0.717, 1.165) is 28.0 Å². The van der Waals surface area contributed by atoms with Crippen molar-refractivity contribution in [1.82, 2.24) is 23.7 Å². The van der Waals surface area contributed by atoms with Crippen molar-refractivity contribution in [2.24, 2.45) is 14.1 Å². The lowest BCUT2D eigenvalue weighted by atomic mass is 10.1. The number of halogens is 2. The van der Waals surface area contributed by atoms with Crippen molar-refractivity contribution in [2.45, 2.75) is 6.54 Å². The summed E-state index contributed by atoms with van der Waals surface area (Å²) < 4.78 is 30.5. The molecule has 1 N–H and O–H groups in total. The van der Waals surface area contributed by atoms with Crippen LogP contribution in [0.3, 0.4) is 0 Å². The quantitative estimate of drug-likeness (QED) is 0.526. The van der Waals surface area contributed by atoms with E-state index in [4.69, 9.17) is 0 Å². The number of aryl methyl sites for hydroxylation is 1. The second kappa shape index (κ2) is 7.30. The summed E-state index contributed by atoms with van der Waals surface area (Å²) in [6, 6.07) is 3.14. The first kappa shape index (κ1) is 19.6. The fraction of sp³-hybridized carbons (Fsp3) is 0.167. The van der Waals surface area contributed by atoms with Gasteiger partial charge in [-0.3, -0.25) is 18.7 Å². The maximum absolute atomic E-state index is 13.9. The van der Waals surface area contributed by atoms with Gasteiger partial charge < -0.3 is 9.88 Å². The van der Waals surface area contributed by atoms with E-state index in [9.17, 15) is 23.2 Å². The predicted octanol–water partition coefficient (Wildman–Crippen LogP) is 1.47. The Hall–Kier alpha value is -3.67. The molecular weight excluding hydrogens is 418 g/mol. The summed E-state index contributed by atoms with van der Waals surface area (Å²) in [7, 11) is 2.82. The molecule has 0 aliphatic heterocycles. The highest BCUT2D eigenvalue weighted by molar-refractivity contribution is 7.14. The first-order valence-electron chi connectivity index (χ1n) is 8.58. The molecule has 0 unspecified atom stereocenters. The number of anilines is 1. The zero-order valence-corrected chi connectivity index (χ0v) is 16.5. The molecular formula is C18H14F2N6O3S. The Kier molecular flexibility index (Phi) is 4.78. The fourth-order valence-corrected chi connectivity index (χ4v) is 3.71. The summed E-state index contributed by atoms with van der Waals surface area (Å²) in [6.45, 7) is -0.246. The molecule has 1 aromatic carbocycles. The van der Waals surface area contributed by atoms with E-state index in [1.807, 2.05) is 0 Å². The van der Waals surface area contributed by atoms with Gasteiger partial charge in [-0.2, -0.15) is 0 Å². The average Bonchev–Trinajstić information content (AvgIpc) is 3.32. The number of fused-ring (bicyclic) bond motifs is 1. The highest BCUT2D eigenvalue weighted by atomic mass is 32.1. The number of rotatable bonds is 4. The Bertz CT molecular complexity index is 1420. The molecule has 12 heteroatoms. The van der Waals surface area contributed by atoms with Crippen LogP contribution < -0.4 is 16.6 Å². The van der Waals surface area contributed by atoms with Gasteiger partial charge in [-0.15, -0.1) is 11.3 Å². The molecule has 0 aliphatic carbocycles. The third-order valence-corrected chi connectivity index (χ3v) is 5.25. The maximum Gasteiger partial charge on any atom is 0.332 e. The molecule has 30 heavy (non-hydrogen) atoms. The Morgan fingerprint density at radius 3 is 2.70 bits per heavy atom. The van der Waals surface area contributed by atoms with Crippen molar-refractivity contribution in [1.29, 1.82) is 0 Å². The van der Waals surface area contributed by atoms with Crippen LogP contribution in [0.5, 0.6) is 0 Å². The lowest BCUT2D eigenvalue weighted by molar-refractivity contribution is -0.116. The van der Waals surface area contributed by atoms with E-state index >= 15 is 0 Å². The molecule has 0 radical (unpaired) electrons. The van der Waals surface area contributed by atoms with Gasteiger partial charge in [0.2, 0.25) is 5.91 Å². The summed E-state index contributed by atoms with van der Waals surface area (Å²) in [5.74, 6) is -1.95. The van der Waals surface area contributed by atoms with E-state index in [2.05, 4.69) is 15.3 Å². The summed E-state index contributed by atoms with van der Waals surface area (Å²) in [6.07, 6.45) is 1.30. The first-order chi connectivity index (χ1) is 14.3. The van der Waals surface area contributed by atoms with E-state index < -0.39 is 28.8 Å². The summed E-state index contributed by atoms with van der Waals surface area (Å²) in [4.78, 5) is 45.0. The number of carbonyl (C=O) groups excluding carboxylic acids is 1. The van der Waals surface area contributed by atoms with Crippen molar-refractivity contribution in [2.75, 3.05) is 5.32 Å². The molecule has 0 saturated carbocycles. The normalized spacial score (nSPS) is 11.2. The third kappa shape index (κ3) is 3.30. The number of hydrogen-bond acceptors (Lipinski definition) is 6. The van der Waals surface area contributed by atoms with Gasteiger partial charge in [-0.1, -0.05) is 0 Å². The van der Waals surface area contributed by atoms with Gasteiger partial charge in [0.25, 0.3) is 5.56 Å². The number of aromatic nitrogens is 5. The monoisotopic (exact) mass is 432 g/mol. The fourth-order valence-electron chi connectivity index (χ4n) is 2.98. The van der Waals surface area contributed by atoms with Gasteiger partial charge in [-0.25, -0.2) is 23.5 Å². The standard InChI is InChI=1S/C18H14F2N6O3S/c1-24-15-14(16(28)25(2)18(24)29)26(8-21-15)6-13(27)23-17-22-12(7-30-17)10-4-3-9(19)5-11(10)20/h3-5,7-8H,6H2,1-2H3,(H,22,23,27). The van der Waals surface area contributed by atoms with Crippen LogP contribution in [0.1, 0.15) is 0 Å². The van der Waals surface area contributed by atoms with Gasteiger partial charge in [0.05, 0.1) is 12.0 Å². The van der Waals surface area contributed by atoms with Gasteiger partial charge in [-0.05, 0) is 12.1 Å². The minimum absolute atomic E-state index is 0.109. The van der Waals surface area contributed by atoms with Crippen LogP contribution in [-0.2, 0) is 25.4 Å². The molecule has 0 aliphatic rings. The number of thiazole rings is 1. The summed E-state index contributed by atoms with van der Waals surface area (Å²) >= 11 is 1.07. The number of nitrogens with one attached hydrogen (secondary N) is 1. The molecule has 4 rings (SSSR count). The van der Waals surface area contributed by atoms with Gasteiger partial charge >= 0.3 is 5.69 Å². The van der Waals surface area contributed by atoms with Crippen molar-refractivity contribution in [3.8, 4) is 11.3 Å². The van der Waals surface area contributed by atoms with Crippen LogP contribution in [0, 0.1) is 11.6 Å². The zero-order valence-electron chi connectivity index (χ0n) is 15.7. The predicted molar refractivity (Wildman–Crippen MR) is 106 cm³/mol. The number of amides is 1. The number of benzene rings is 1. The van der Waals surface area contributed by atoms with Crippen LogP contribution in [-0.4, -0.2) is 29.6 Å². The minimum Gasteiger partial charge on any atom is -0.315 e. The number of imidazole rings is 1. The largest absolute Gasteiger partial charge is 0.332 e. The Balaban J connectivity index is 1.57. The zero-order chi connectivity index (χ0) is 21.6. The first-order valence-corrected chi connectivity index (χ1v) is 9.46. The molecule has 4 aromatic rings. The smallest absolute Gasteiger partial charge is 0.315 e. The summed E-state index contributed by atoms with van der Waals surface area (Å²) in [5.41, 5.74) is -0.447. The van der Waals surface area contributed by atoms with Crippen molar-refractivity contribution in [3.05, 3.63) is 62.4 Å². The van der Waals surface area contributed by atoms with Crippen molar-refractivity contribution < 1.29 is 13.6 Å². The van der Waals surface area contributed by atoms with Gasteiger partial charge in [0.15, 0.2) is 16.3 Å². The Morgan fingerprint density at radius 1 is 1.20 bits per heavy atom. The van der Waals surface area contributed by atoms with Crippen molar-refractivity contribution >= 4 is 33.5 Å². The Morgan fingerprint density at radius 2 is 1.97 bits per heavy atom. The molecule has 154 valence electrons. The molecule has 9 nitrogen and oxygen atoms in total. The molecule has 0 spiro atoms. The highest BCUT2D eigenvalue weighted by Gasteiger charge is 2.17. The number of carbonyl (C=O) groups is 1. The topological polar surface area (TPSA) is 104 Å². The lowest BCUT2D eigenvalue weighted by Gasteiger charge is -2.06. The number of hydrogen-bond donors (Lipinski definition) is 1. The molecule has 0 saturated heterocycles. The lowest BCUT2D eigenvalue weighted by Crippen LogP contribution is -2.37.